The number of ether oxygens (including phenoxy) is 3. The zero-order chi connectivity index (χ0) is 83.6. The maximum atomic E-state index is 13.0. The van der Waals surface area contributed by atoms with Gasteiger partial charge in [0.05, 0.1) is 26.4 Å². The zero-order valence-electron chi connectivity index (χ0n) is 72.1. The maximum absolute atomic E-state index is 13.0. The normalized spacial score (nSPS) is 14.7. The van der Waals surface area contributed by atoms with E-state index in [1.54, 1.807) is 0 Å². The number of esters is 3. The highest BCUT2D eigenvalue weighted by Crippen LogP contribution is 2.45. The van der Waals surface area contributed by atoms with Crippen LogP contribution in [0.5, 0.6) is 0 Å². The largest absolute Gasteiger partial charge is 0.472 e. The molecule has 0 rings (SSSR count). The maximum Gasteiger partial charge on any atom is 0.472 e. The molecule has 656 valence electrons. The molecular weight excluding hydrogens is 1480 g/mol. The molecule has 0 aromatic heterocycles. The zero-order valence-corrected chi connectivity index (χ0v) is 73.9. The van der Waals surface area contributed by atoms with Crippen molar-refractivity contribution in [2.24, 2.45) is 0 Å². The van der Waals surface area contributed by atoms with Gasteiger partial charge >= 0.3 is 33.6 Å². The number of phosphoric ester groups is 2. The second-order valence-corrected chi connectivity index (χ2v) is 32.5. The van der Waals surface area contributed by atoms with E-state index < -0.39 is 91.5 Å². The van der Waals surface area contributed by atoms with Crippen molar-refractivity contribution in [1.82, 2.24) is 0 Å². The third kappa shape index (κ3) is 89.3. The summed E-state index contributed by atoms with van der Waals surface area (Å²) in [5.41, 5.74) is 0. The molecule has 0 aliphatic heterocycles. The van der Waals surface area contributed by atoms with Gasteiger partial charge in [0.1, 0.15) is 25.4 Å². The van der Waals surface area contributed by atoms with Crippen LogP contribution in [0.3, 0.4) is 0 Å². The van der Waals surface area contributed by atoms with Crippen LogP contribution < -0.4 is 0 Å². The van der Waals surface area contributed by atoms with Gasteiger partial charge in [-0.05, 0) is 161 Å². The van der Waals surface area contributed by atoms with Crippen molar-refractivity contribution in [1.29, 1.82) is 0 Å². The Hall–Kier alpha value is -5.35. The molecule has 115 heavy (non-hydrogen) atoms. The standard InChI is InChI=1S/C97H162O16P2/c1-4-7-10-13-16-19-22-25-28-31-34-36-38-40-42-44-45-47-49-50-52-54-57-59-62-65-68-71-74-77-80-83-95(100)107-86-92(98)87-109-114(103,104)110-88-93(99)89-111-115(105,106)112-91-94(113-97(102)85-82-79-76-73-70-67-64-61-56-33-30-27-24-21-18-15-12-9-6-3)90-108-96(101)84-81-78-75-72-69-66-63-60-58-55-53-51-48-46-43-41-39-37-35-32-29-26-23-20-17-14-11-8-5-2/h8-9,11-12,16-21,25-30,34-37,40-43,48,51,56,61,67,70,92-94,98-99H,4-7,10,13-15,22-24,31-33,38-39,44-47,49-50,52-55,57-60,62-66,68-69,71-91H2,1-3H3,(H,103,104)(H,105,106)/b11-8-,12-9-,19-16-,20-17-,21-18-,28-25-,29-26-,30-27-,36-34-,37-35-,42-40-,43-41-,51-48-,61-56-,70-67-. The van der Waals surface area contributed by atoms with Gasteiger partial charge in [-0.25, -0.2) is 9.13 Å². The van der Waals surface area contributed by atoms with Gasteiger partial charge in [-0.15, -0.1) is 0 Å². The molecule has 4 N–H and O–H groups in total. The fourth-order valence-corrected chi connectivity index (χ4v) is 13.4. The third-order valence-electron chi connectivity index (χ3n) is 18.6. The molecule has 5 atom stereocenters. The van der Waals surface area contributed by atoms with Crippen LogP contribution in [0.15, 0.2) is 182 Å². The molecule has 0 saturated heterocycles. The number of carbonyl (C=O) groups is 3. The van der Waals surface area contributed by atoms with E-state index in [9.17, 15) is 43.5 Å². The molecule has 18 heteroatoms. The Morgan fingerprint density at radius 3 is 0.739 bits per heavy atom. The molecule has 0 fully saturated rings. The number of unbranched alkanes of at least 4 members (excludes halogenated alkanes) is 31. The first-order valence-electron chi connectivity index (χ1n) is 45.1. The second-order valence-electron chi connectivity index (χ2n) is 29.6. The van der Waals surface area contributed by atoms with E-state index >= 15 is 0 Å². The minimum absolute atomic E-state index is 0.0585. The molecule has 5 unspecified atom stereocenters. The minimum atomic E-state index is -4.96. The Bertz CT molecular complexity index is 2820. The predicted octanol–water partition coefficient (Wildman–Crippen LogP) is 27.7. The van der Waals surface area contributed by atoms with Gasteiger partial charge in [-0.3, -0.25) is 32.5 Å². The van der Waals surface area contributed by atoms with Crippen LogP contribution in [0.2, 0.25) is 0 Å². The predicted molar refractivity (Wildman–Crippen MR) is 481 cm³/mol. The van der Waals surface area contributed by atoms with Crippen molar-refractivity contribution >= 4 is 33.6 Å². The molecular formula is C97H162O16P2. The molecule has 0 spiro atoms. The SMILES string of the molecule is CC/C=C\C/C=C\C/C=C\C/C=C\C/C=C\C/C=C\CCCCCCCCCCCCC(=O)OCC(COP(=O)(O)OCC(O)COP(=O)(O)OCC(O)COC(=O)CCCCCCCCCCCCCCCCC/C=C\C/C=C\C/C=C\C/C=C\CCCCC)OC(=O)CCCCC/C=C\C/C=C\C/C=C\C/C=C\C/C=C\CC. The van der Waals surface area contributed by atoms with E-state index in [1.165, 1.54) is 135 Å². The third-order valence-corrected chi connectivity index (χ3v) is 20.5. The van der Waals surface area contributed by atoms with E-state index in [2.05, 4.69) is 203 Å². The minimum Gasteiger partial charge on any atom is -0.463 e. The van der Waals surface area contributed by atoms with E-state index in [1.807, 2.05) is 0 Å². The highest BCUT2D eigenvalue weighted by Gasteiger charge is 2.29. The second kappa shape index (κ2) is 87.9. The van der Waals surface area contributed by atoms with Crippen molar-refractivity contribution in [2.75, 3.05) is 39.6 Å². The average Bonchev–Trinajstić information content (AvgIpc) is 0.894. The first-order chi connectivity index (χ1) is 56.2. The number of aliphatic hydroxyl groups excluding tert-OH is 2. The topological polar surface area (TPSA) is 231 Å². The van der Waals surface area contributed by atoms with Gasteiger partial charge in [0.25, 0.3) is 0 Å². The summed E-state index contributed by atoms with van der Waals surface area (Å²) >= 11 is 0. The lowest BCUT2D eigenvalue weighted by atomic mass is 10.0. The van der Waals surface area contributed by atoms with Crippen molar-refractivity contribution < 1.29 is 75.8 Å². The van der Waals surface area contributed by atoms with E-state index in [4.69, 9.17) is 32.3 Å². The Balaban J connectivity index is 4.60. The highest BCUT2D eigenvalue weighted by molar-refractivity contribution is 7.47. The molecule has 0 saturated carbocycles. The van der Waals surface area contributed by atoms with Crippen LogP contribution in [0.25, 0.3) is 0 Å². The lowest BCUT2D eigenvalue weighted by molar-refractivity contribution is -0.161. The number of rotatable bonds is 84. The number of hydrogen-bond acceptors (Lipinski definition) is 14. The Morgan fingerprint density at radius 1 is 0.252 bits per heavy atom. The van der Waals surface area contributed by atoms with Gasteiger partial charge in [0.15, 0.2) is 6.10 Å². The number of phosphoric acid groups is 2. The summed E-state index contributed by atoms with van der Waals surface area (Å²) < 4.78 is 61.4. The summed E-state index contributed by atoms with van der Waals surface area (Å²) in [6.45, 7) is 2.40. The van der Waals surface area contributed by atoms with E-state index in [-0.39, 0.29) is 19.3 Å². The van der Waals surface area contributed by atoms with Gasteiger partial charge in [-0.1, -0.05) is 357 Å². The Morgan fingerprint density at radius 2 is 0.461 bits per heavy atom. The summed E-state index contributed by atoms with van der Waals surface area (Å²) in [5, 5.41) is 20.7. The first-order valence-corrected chi connectivity index (χ1v) is 48.1. The summed E-state index contributed by atoms with van der Waals surface area (Å²) in [5.74, 6) is -1.62. The summed E-state index contributed by atoms with van der Waals surface area (Å²) in [6.07, 6.45) is 115. The highest BCUT2D eigenvalue weighted by atomic mass is 31.2. The van der Waals surface area contributed by atoms with Crippen molar-refractivity contribution in [3.05, 3.63) is 182 Å². The summed E-state index contributed by atoms with van der Waals surface area (Å²) in [7, 11) is -9.83. The fraction of sp³-hybridized carbons (Fsp3) is 0.660. The van der Waals surface area contributed by atoms with Gasteiger partial charge in [-0.2, -0.15) is 0 Å². The molecule has 0 aliphatic carbocycles. The van der Waals surface area contributed by atoms with Crippen molar-refractivity contribution in [2.45, 2.75) is 373 Å². The van der Waals surface area contributed by atoms with Gasteiger partial charge in [0.2, 0.25) is 0 Å². The number of allylic oxidation sites excluding steroid dienone is 30. The van der Waals surface area contributed by atoms with Crippen molar-refractivity contribution in [3.8, 4) is 0 Å². The number of hydrogen-bond donors (Lipinski definition) is 4. The van der Waals surface area contributed by atoms with Gasteiger partial charge in [0, 0.05) is 19.3 Å². The van der Waals surface area contributed by atoms with Crippen LogP contribution in [0, 0.1) is 0 Å². The molecule has 0 bridgehead atoms. The Labute approximate surface area is 700 Å². The summed E-state index contributed by atoms with van der Waals surface area (Å²) in [4.78, 5) is 58.9. The smallest absolute Gasteiger partial charge is 0.463 e. The molecule has 0 aromatic rings. The molecule has 0 radical (unpaired) electrons. The Kier molecular flexibility index (Phi) is 83.9. The van der Waals surface area contributed by atoms with Crippen LogP contribution >= 0.6 is 15.6 Å². The molecule has 0 aromatic carbocycles. The van der Waals surface area contributed by atoms with Crippen LogP contribution in [0.1, 0.15) is 355 Å². The molecule has 16 nitrogen and oxygen atoms in total. The fourth-order valence-electron chi connectivity index (χ4n) is 11.8. The van der Waals surface area contributed by atoms with Crippen molar-refractivity contribution in [3.63, 3.8) is 0 Å². The van der Waals surface area contributed by atoms with Crippen LogP contribution in [-0.2, 0) is 55.8 Å². The first kappa shape index (κ1) is 110. The average molecular weight is 1650 g/mol. The number of aliphatic hydroxyl groups is 2. The van der Waals surface area contributed by atoms with Crippen LogP contribution in [-0.4, -0.2) is 95.9 Å². The van der Waals surface area contributed by atoms with Gasteiger partial charge < -0.3 is 34.2 Å². The van der Waals surface area contributed by atoms with E-state index in [0.29, 0.717) is 19.3 Å². The van der Waals surface area contributed by atoms with Crippen LogP contribution in [0.4, 0.5) is 0 Å². The molecule has 0 heterocycles. The molecule has 0 amide bonds. The lowest BCUT2D eigenvalue weighted by Gasteiger charge is -2.21. The monoisotopic (exact) mass is 1650 g/mol. The lowest BCUT2D eigenvalue weighted by Crippen LogP contribution is -2.30. The molecule has 0 aliphatic rings. The quantitative estimate of drug-likeness (QED) is 0.0146. The van der Waals surface area contributed by atoms with E-state index in [0.717, 1.165) is 161 Å². The number of carbonyl (C=O) groups excluding carboxylic acids is 3. The summed E-state index contributed by atoms with van der Waals surface area (Å²) in [6, 6.07) is 0.